The average molecular weight is 138 g/mol. The van der Waals surface area contributed by atoms with E-state index in [1.54, 1.807) is 0 Å². The predicted molar refractivity (Wildman–Crippen MR) is 39.5 cm³/mol. The highest BCUT2D eigenvalue weighted by Crippen LogP contribution is 2.40. The van der Waals surface area contributed by atoms with Crippen molar-refractivity contribution >= 4 is 0 Å². The van der Waals surface area contributed by atoms with E-state index in [0.29, 0.717) is 11.8 Å². The molecule has 2 rings (SSSR count). The largest absolute Gasteiger partial charge is 0.595 e. The quantitative estimate of drug-likeness (QED) is 0.335. The minimum absolute atomic E-state index is 0.287. The molecule has 1 saturated carbocycles. The van der Waals surface area contributed by atoms with Crippen LogP contribution in [0.25, 0.3) is 5.84 Å². The van der Waals surface area contributed by atoms with Crippen LogP contribution in [0.1, 0.15) is 12.8 Å². The van der Waals surface area contributed by atoms with Crippen molar-refractivity contribution in [2.45, 2.75) is 18.9 Å². The highest BCUT2D eigenvalue weighted by atomic mass is 15.6. The minimum atomic E-state index is 0.287. The summed E-state index contributed by atoms with van der Waals surface area (Å²) >= 11 is 0. The van der Waals surface area contributed by atoms with Crippen LogP contribution in [0.5, 0.6) is 0 Å². The first kappa shape index (κ1) is 6.34. The van der Waals surface area contributed by atoms with Crippen LogP contribution in [-0.4, -0.2) is 11.2 Å². The van der Waals surface area contributed by atoms with Gasteiger partial charge in [-0.15, -0.1) is 0 Å². The van der Waals surface area contributed by atoms with Gasteiger partial charge in [0.05, 0.1) is 0 Å². The Kier molecular flexibility index (Phi) is 1.30. The lowest BCUT2D eigenvalue weighted by Gasteiger charge is -2.32. The molecule has 3 unspecified atom stereocenters. The molecule has 0 spiro atoms. The van der Waals surface area contributed by atoms with Crippen molar-refractivity contribution in [1.82, 2.24) is 5.12 Å². The molecule has 2 bridgehead atoms. The lowest BCUT2D eigenvalue weighted by Crippen LogP contribution is -2.37. The molecule has 0 radical (unpaired) electrons. The molecule has 3 nitrogen and oxygen atoms in total. The third-order valence-electron chi connectivity index (χ3n) is 2.60. The smallest absolute Gasteiger partial charge is 0.0111 e. The molecule has 3 atom stereocenters. The van der Waals surface area contributed by atoms with E-state index in [1.165, 1.54) is 6.42 Å². The highest BCUT2D eigenvalue weighted by Gasteiger charge is 2.35. The summed E-state index contributed by atoms with van der Waals surface area (Å²) in [6, 6.07) is 0.287. The zero-order valence-electron chi connectivity index (χ0n) is 5.83. The number of fused-ring (bicyclic) bond motifs is 2. The summed E-state index contributed by atoms with van der Waals surface area (Å²) in [5.74, 6) is 13.8. The molecule has 3 N–H and O–H groups in total. The fourth-order valence-corrected chi connectivity index (χ4v) is 2.07. The average Bonchev–Trinajstić information content (AvgIpc) is 2.44. The third-order valence-corrected chi connectivity index (χ3v) is 2.60. The number of allylic oxidation sites excluding steroid dienone is 1. The van der Waals surface area contributed by atoms with Gasteiger partial charge in [0.1, 0.15) is 0 Å². The van der Waals surface area contributed by atoms with Crippen molar-refractivity contribution in [2.75, 3.05) is 0 Å². The van der Waals surface area contributed by atoms with E-state index in [9.17, 15) is 0 Å². The van der Waals surface area contributed by atoms with Crippen molar-refractivity contribution in [2.24, 2.45) is 17.7 Å². The fourth-order valence-electron chi connectivity index (χ4n) is 2.07. The molecule has 10 heavy (non-hydrogen) atoms. The van der Waals surface area contributed by atoms with Crippen molar-refractivity contribution < 1.29 is 0 Å². The molecule has 3 heteroatoms. The Hall–Kier alpha value is -0.380. The summed E-state index contributed by atoms with van der Waals surface area (Å²) in [4.78, 5) is 0. The highest BCUT2D eigenvalue weighted by molar-refractivity contribution is 5.12. The molecule has 1 fully saturated rings. The third kappa shape index (κ3) is 0.785. The summed E-state index contributed by atoms with van der Waals surface area (Å²) in [5, 5.41) is 1.12. The molecular weight excluding hydrogens is 126 g/mol. The maximum Gasteiger partial charge on any atom is 0.0111 e. The van der Waals surface area contributed by atoms with Gasteiger partial charge in [-0.1, -0.05) is 12.2 Å². The predicted octanol–water partition coefficient (Wildman–Crippen LogP) is 1.09. The summed E-state index contributed by atoms with van der Waals surface area (Å²) in [7, 11) is 0. The van der Waals surface area contributed by atoms with E-state index in [1.807, 2.05) is 0 Å². The van der Waals surface area contributed by atoms with Crippen molar-refractivity contribution in [3.8, 4) is 0 Å². The van der Waals surface area contributed by atoms with Gasteiger partial charge in [0.25, 0.3) is 0 Å². The number of hydrazine groups is 1. The number of rotatable bonds is 1. The molecule has 0 aromatic carbocycles. The molecule has 0 aromatic rings. The van der Waals surface area contributed by atoms with Gasteiger partial charge in [-0.3, -0.25) is 5.84 Å². The normalized spacial score (nSPS) is 43.7. The van der Waals surface area contributed by atoms with Crippen LogP contribution in [0.4, 0.5) is 0 Å². The van der Waals surface area contributed by atoms with Crippen LogP contribution in [0.3, 0.4) is 0 Å². The molecule has 0 aromatic heterocycles. The van der Waals surface area contributed by atoms with Crippen LogP contribution in [0, 0.1) is 11.8 Å². The molecule has 2 aliphatic rings. The molecule has 56 valence electrons. The van der Waals surface area contributed by atoms with E-state index in [0.717, 1.165) is 11.5 Å². The maximum absolute atomic E-state index is 7.21. The van der Waals surface area contributed by atoms with Crippen LogP contribution < -0.4 is 5.84 Å². The van der Waals surface area contributed by atoms with Gasteiger partial charge in [0.2, 0.25) is 0 Å². The van der Waals surface area contributed by atoms with Gasteiger partial charge in [0, 0.05) is 6.04 Å². The summed E-state index contributed by atoms with van der Waals surface area (Å²) in [6.45, 7) is 0. The number of nitrogens with two attached hydrogens (primary N) is 1. The lowest BCUT2D eigenvalue weighted by molar-refractivity contribution is 0.250. The van der Waals surface area contributed by atoms with Crippen LogP contribution in [0.15, 0.2) is 12.2 Å². The standard InChI is InChI=1S/C7H12N3/c8-10(9)7-4-5-1-2-6(7)3-5/h1-2,5-8H,3-4,9H2/q-1. The second-order valence-electron chi connectivity index (χ2n) is 3.25. The second kappa shape index (κ2) is 2.05. The zero-order chi connectivity index (χ0) is 7.14. The number of hydrogen-bond acceptors (Lipinski definition) is 2. The zero-order valence-corrected chi connectivity index (χ0v) is 5.83. The van der Waals surface area contributed by atoms with E-state index in [2.05, 4.69) is 12.2 Å². The van der Waals surface area contributed by atoms with Gasteiger partial charge in [-0.05, 0) is 24.7 Å². The number of nitrogens with zero attached hydrogens (tertiary/aromatic N) is 1. The van der Waals surface area contributed by atoms with Gasteiger partial charge in [-0.25, -0.2) is 0 Å². The van der Waals surface area contributed by atoms with Gasteiger partial charge in [-0.2, -0.15) is 0 Å². The van der Waals surface area contributed by atoms with Crippen LogP contribution >= 0.6 is 0 Å². The first-order chi connectivity index (χ1) is 4.77. The van der Waals surface area contributed by atoms with Crippen molar-refractivity contribution in [3.05, 3.63) is 18.0 Å². The summed E-state index contributed by atoms with van der Waals surface area (Å²) in [6.07, 6.45) is 6.76. The van der Waals surface area contributed by atoms with Gasteiger partial charge >= 0.3 is 0 Å². The van der Waals surface area contributed by atoms with E-state index in [-0.39, 0.29) is 6.04 Å². The number of hydrogen-bond donors (Lipinski definition) is 1. The second-order valence-corrected chi connectivity index (χ2v) is 3.25. The molecule has 0 aliphatic heterocycles. The SMILES string of the molecule is [NH-]N(N)C1CC2C=CC1C2. The summed E-state index contributed by atoms with van der Waals surface area (Å²) in [5.41, 5.74) is 0. The van der Waals surface area contributed by atoms with E-state index in [4.69, 9.17) is 11.7 Å². The Labute approximate surface area is 60.6 Å². The monoisotopic (exact) mass is 138 g/mol. The molecular formula is C7H12N3-. The Bertz CT molecular complexity index is 164. The first-order valence-corrected chi connectivity index (χ1v) is 3.71. The Balaban J connectivity index is 2.09. The summed E-state index contributed by atoms with van der Waals surface area (Å²) < 4.78 is 0. The number of nitrogens with one attached hydrogen (secondary N) is 1. The van der Waals surface area contributed by atoms with Gasteiger partial charge in [0.15, 0.2) is 0 Å². The molecule has 0 amide bonds. The van der Waals surface area contributed by atoms with Crippen molar-refractivity contribution in [1.29, 1.82) is 0 Å². The van der Waals surface area contributed by atoms with Crippen LogP contribution in [-0.2, 0) is 0 Å². The Morgan fingerprint density at radius 1 is 1.40 bits per heavy atom. The molecule has 0 saturated heterocycles. The Morgan fingerprint density at radius 3 is 2.50 bits per heavy atom. The maximum atomic E-state index is 7.21. The fraction of sp³-hybridized carbons (Fsp3) is 0.714. The molecule has 2 aliphatic carbocycles. The van der Waals surface area contributed by atoms with Gasteiger partial charge < -0.3 is 11.0 Å². The van der Waals surface area contributed by atoms with Crippen molar-refractivity contribution in [3.63, 3.8) is 0 Å². The van der Waals surface area contributed by atoms with E-state index < -0.39 is 0 Å². The minimum Gasteiger partial charge on any atom is -0.595 e. The first-order valence-electron chi connectivity index (χ1n) is 3.71. The lowest BCUT2D eigenvalue weighted by atomic mass is 10.0. The Morgan fingerprint density at radius 2 is 2.20 bits per heavy atom. The van der Waals surface area contributed by atoms with E-state index >= 15 is 0 Å². The topological polar surface area (TPSA) is 53.1 Å². The van der Waals surface area contributed by atoms with Crippen LogP contribution in [0.2, 0.25) is 0 Å². The molecule has 0 heterocycles.